The van der Waals surface area contributed by atoms with Crippen LogP contribution in [0.3, 0.4) is 0 Å². The summed E-state index contributed by atoms with van der Waals surface area (Å²) in [5.74, 6) is -1.96. The van der Waals surface area contributed by atoms with Crippen LogP contribution >= 0.6 is 0 Å². The number of nitrogens with zero attached hydrogens (tertiary/aromatic N) is 2. The summed E-state index contributed by atoms with van der Waals surface area (Å²) < 4.78 is 26.2. The smallest absolute Gasteiger partial charge is 0.276 e. The molecule has 0 saturated heterocycles. The molecule has 5 nitrogen and oxygen atoms in total. The van der Waals surface area contributed by atoms with Crippen LogP contribution in [0, 0.1) is 11.6 Å². The van der Waals surface area contributed by atoms with Crippen molar-refractivity contribution in [1.29, 1.82) is 0 Å². The Balaban J connectivity index is 1.70. The maximum absolute atomic E-state index is 13.2. The van der Waals surface area contributed by atoms with Gasteiger partial charge in [0.25, 0.3) is 5.91 Å². The number of carbonyl (C=O) groups excluding carboxylic acids is 1. The van der Waals surface area contributed by atoms with E-state index in [4.69, 9.17) is 0 Å². The first-order chi connectivity index (χ1) is 12.6. The second-order valence-electron chi connectivity index (χ2n) is 5.52. The van der Waals surface area contributed by atoms with E-state index in [1.807, 2.05) is 31.2 Å². The Bertz CT molecular complexity index is 929. The Labute approximate surface area is 149 Å². The Hall–Kier alpha value is -3.35. The lowest BCUT2D eigenvalue weighted by molar-refractivity contribution is 0.102. The Morgan fingerprint density at radius 1 is 1.00 bits per heavy atom. The first kappa shape index (κ1) is 17.5. The van der Waals surface area contributed by atoms with Gasteiger partial charge in [0, 0.05) is 17.4 Å². The van der Waals surface area contributed by atoms with E-state index in [-0.39, 0.29) is 11.6 Å². The average molecular weight is 354 g/mol. The highest BCUT2D eigenvalue weighted by molar-refractivity contribution is 6.03. The summed E-state index contributed by atoms with van der Waals surface area (Å²) in [5, 5.41) is 13.4. The quantitative estimate of drug-likeness (QED) is 0.716. The average Bonchev–Trinajstić information content (AvgIpc) is 2.66. The molecule has 1 aromatic heterocycles. The lowest BCUT2D eigenvalue weighted by Gasteiger charge is -2.09. The molecule has 1 amide bonds. The Morgan fingerprint density at radius 3 is 2.50 bits per heavy atom. The molecule has 0 aliphatic heterocycles. The van der Waals surface area contributed by atoms with E-state index in [2.05, 4.69) is 20.8 Å². The second kappa shape index (κ2) is 7.69. The van der Waals surface area contributed by atoms with Gasteiger partial charge in [0.05, 0.1) is 0 Å². The molecule has 0 spiro atoms. The minimum absolute atomic E-state index is 0.145. The van der Waals surface area contributed by atoms with Gasteiger partial charge in [-0.2, -0.15) is 0 Å². The standard InChI is InChI=1S/C19H16F2N4O/c1-2-12-5-3-4-6-16(12)23-19(26)17-9-10-18(25-24-17)22-13-7-8-14(20)15(21)11-13/h3-11H,2H2,1H3,(H,22,25)(H,23,26). The van der Waals surface area contributed by atoms with E-state index in [1.54, 1.807) is 0 Å². The second-order valence-corrected chi connectivity index (χ2v) is 5.52. The first-order valence-corrected chi connectivity index (χ1v) is 8.02. The van der Waals surface area contributed by atoms with Gasteiger partial charge in [-0.15, -0.1) is 10.2 Å². The summed E-state index contributed by atoms with van der Waals surface area (Å²) in [7, 11) is 0. The summed E-state index contributed by atoms with van der Waals surface area (Å²) in [6.07, 6.45) is 0.791. The van der Waals surface area contributed by atoms with Crippen LogP contribution in [-0.2, 0) is 6.42 Å². The van der Waals surface area contributed by atoms with Crippen molar-refractivity contribution in [2.24, 2.45) is 0 Å². The maximum Gasteiger partial charge on any atom is 0.276 e. The number of rotatable bonds is 5. The van der Waals surface area contributed by atoms with Gasteiger partial charge in [0.2, 0.25) is 0 Å². The number of aryl methyl sites for hydroxylation is 1. The molecule has 7 heteroatoms. The van der Waals surface area contributed by atoms with Crippen molar-refractivity contribution in [3.8, 4) is 0 Å². The van der Waals surface area contributed by atoms with Crippen LogP contribution in [-0.4, -0.2) is 16.1 Å². The summed E-state index contributed by atoms with van der Waals surface area (Å²) in [4.78, 5) is 12.3. The predicted molar refractivity (Wildman–Crippen MR) is 95.4 cm³/mol. The largest absolute Gasteiger partial charge is 0.339 e. The van der Waals surface area contributed by atoms with E-state index >= 15 is 0 Å². The number of hydrogen-bond donors (Lipinski definition) is 2. The number of aromatic nitrogens is 2. The van der Waals surface area contributed by atoms with Crippen LogP contribution in [0.25, 0.3) is 0 Å². The molecule has 0 aliphatic carbocycles. The molecule has 1 heterocycles. The minimum Gasteiger partial charge on any atom is -0.339 e. The lowest BCUT2D eigenvalue weighted by atomic mass is 10.1. The topological polar surface area (TPSA) is 66.9 Å². The molecule has 0 fully saturated rings. The maximum atomic E-state index is 13.2. The van der Waals surface area contributed by atoms with Gasteiger partial charge >= 0.3 is 0 Å². The molecule has 3 rings (SSSR count). The normalized spacial score (nSPS) is 10.4. The van der Waals surface area contributed by atoms with Gasteiger partial charge in [0.15, 0.2) is 23.1 Å². The number of amides is 1. The highest BCUT2D eigenvalue weighted by Crippen LogP contribution is 2.18. The zero-order chi connectivity index (χ0) is 18.5. The van der Waals surface area contributed by atoms with Gasteiger partial charge < -0.3 is 10.6 Å². The number of anilines is 3. The van der Waals surface area contributed by atoms with Gasteiger partial charge in [-0.3, -0.25) is 4.79 Å². The number of benzene rings is 2. The summed E-state index contributed by atoms with van der Waals surface area (Å²) in [6, 6.07) is 14.0. The third-order valence-electron chi connectivity index (χ3n) is 3.74. The molecule has 0 saturated carbocycles. The van der Waals surface area contributed by atoms with Crippen LogP contribution in [0.1, 0.15) is 23.0 Å². The monoisotopic (exact) mass is 354 g/mol. The van der Waals surface area contributed by atoms with E-state index < -0.39 is 11.6 Å². The molecular weight excluding hydrogens is 338 g/mol. The molecule has 26 heavy (non-hydrogen) atoms. The van der Waals surface area contributed by atoms with Crippen LogP contribution in [0.15, 0.2) is 54.6 Å². The fourth-order valence-electron chi connectivity index (χ4n) is 2.38. The molecule has 0 aliphatic rings. The molecule has 0 unspecified atom stereocenters. The van der Waals surface area contributed by atoms with Crippen molar-refractivity contribution in [2.75, 3.05) is 10.6 Å². The summed E-state index contributed by atoms with van der Waals surface area (Å²) >= 11 is 0. The van der Waals surface area contributed by atoms with Crippen molar-refractivity contribution in [1.82, 2.24) is 10.2 Å². The third kappa shape index (κ3) is 4.00. The van der Waals surface area contributed by atoms with Crippen molar-refractivity contribution >= 4 is 23.1 Å². The van der Waals surface area contributed by atoms with Gasteiger partial charge in [0.1, 0.15) is 0 Å². The number of carbonyl (C=O) groups is 1. The highest BCUT2D eigenvalue weighted by Gasteiger charge is 2.11. The molecule has 2 N–H and O–H groups in total. The fourth-order valence-corrected chi connectivity index (χ4v) is 2.38. The first-order valence-electron chi connectivity index (χ1n) is 8.02. The van der Waals surface area contributed by atoms with E-state index in [0.717, 1.165) is 29.8 Å². The van der Waals surface area contributed by atoms with E-state index in [0.29, 0.717) is 11.5 Å². The van der Waals surface area contributed by atoms with E-state index in [9.17, 15) is 13.6 Å². The van der Waals surface area contributed by atoms with Crippen molar-refractivity contribution in [2.45, 2.75) is 13.3 Å². The molecule has 132 valence electrons. The number of hydrogen-bond acceptors (Lipinski definition) is 4. The van der Waals surface area contributed by atoms with Crippen molar-refractivity contribution in [3.63, 3.8) is 0 Å². The summed E-state index contributed by atoms with van der Waals surface area (Å²) in [6.45, 7) is 2.00. The minimum atomic E-state index is -0.964. The SMILES string of the molecule is CCc1ccccc1NC(=O)c1ccc(Nc2ccc(F)c(F)c2)nn1. The number of nitrogens with one attached hydrogen (secondary N) is 2. The zero-order valence-electron chi connectivity index (χ0n) is 14.0. The molecular formula is C19H16F2N4O. The van der Waals surface area contributed by atoms with Crippen molar-refractivity contribution in [3.05, 3.63) is 77.5 Å². The van der Waals surface area contributed by atoms with Crippen LogP contribution in [0.5, 0.6) is 0 Å². The number of halogens is 2. The van der Waals surface area contributed by atoms with Crippen LogP contribution in [0.2, 0.25) is 0 Å². The fraction of sp³-hybridized carbons (Fsp3) is 0.105. The predicted octanol–water partition coefficient (Wildman–Crippen LogP) is 4.31. The number of para-hydroxylation sites is 1. The molecule has 0 radical (unpaired) electrons. The van der Waals surface area contributed by atoms with Crippen molar-refractivity contribution < 1.29 is 13.6 Å². The van der Waals surface area contributed by atoms with Crippen LogP contribution < -0.4 is 10.6 Å². The van der Waals surface area contributed by atoms with Gasteiger partial charge in [-0.05, 0) is 42.3 Å². The van der Waals surface area contributed by atoms with Crippen LogP contribution in [0.4, 0.5) is 26.0 Å². The van der Waals surface area contributed by atoms with Gasteiger partial charge in [-0.25, -0.2) is 8.78 Å². The highest BCUT2D eigenvalue weighted by atomic mass is 19.2. The third-order valence-corrected chi connectivity index (χ3v) is 3.74. The molecule has 0 atom stereocenters. The van der Waals surface area contributed by atoms with Gasteiger partial charge in [-0.1, -0.05) is 25.1 Å². The summed E-state index contributed by atoms with van der Waals surface area (Å²) in [5.41, 5.74) is 2.22. The Kier molecular flexibility index (Phi) is 5.17. The van der Waals surface area contributed by atoms with E-state index in [1.165, 1.54) is 18.2 Å². The Morgan fingerprint density at radius 2 is 1.81 bits per heavy atom. The molecule has 2 aromatic carbocycles. The molecule has 0 bridgehead atoms. The zero-order valence-corrected chi connectivity index (χ0v) is 14.0. The lowest BCUT2D eigenvalue weighted by Crippen LogP contribution is -2.15. The molecule has 3 aromatic rings.